The van der Waals surface area contributed by atoms with E-state index < -0.39 is 71.4 Å². The van der Waals surface area contributed by atoms with Gasteiger partial charge in [0.1, 0.15) is 11.6 Å². The number of nitrogens with one attached hydrogen (secondary N) is 2. The predicted octanol–water partition coefficient (Wildman–Crippen LogP) is 7.12. The normalized spacial score (nSPS) is 21.2. The number of amides is 2. The molecule has 42 heavy (non-hydrogen) atoms. The number of aromatic nitrogens is 2. The third-order valence-electron chi connectivity index (χ3n) is 7.38. The van der Waals surface area contributed by atoms with Crippen molar-refractivity contribution < 1.29 is 44.7 Å². The lowest BCUT2D eigenvalue weighted by molar-refractivity contribution is -0.258. The summed E-state index contributed by atoms with van der Waals surface area (Å²) < 4.78 is 113. The number of benzene rings is 3. The van der Waals surface area contributed by atoms with Crippen LogP contribution >= 0.6 is 11.6 Å². The van der Waals surface area contributed by atoms with Gasteiger partial charge in [0.25, 0.3) is 17.6 Å². The molecule has 0 spiro atoms. The Balaban J connectivity index is 1.56. The van der Waals surface area contributed by atoms with Crippen molar-refractivity contribution in [2.45, 2.75) is 36.8 Å². The number of hydrogen-bond acceptors (Lipinski definition) is 3. The lowest BCUT2D eigenvalue weighted by Crippen LogP contribution is -2.55. The largest absolute Gasteiger partial charge is 0.416 e. The third-order valence-corrected chi connectivity index (χ3v) is 7.72. The lowest BCUT2D eigenvalue weighted by atomic mass is 9.84. The monoisotopic (exact) mass is 614 g/mol. The van der Waals surface area contributed by atoms with Gasteiger partial charge in [-0.2, -0.15) is 18.3 Å². The highest BCUT2D eigenvalue weighted by Crippen LogP contribution is 2.54. The van der Waals surface area contributed by atoms with Crippen LogP contribution in [0.4, 0.5) is 40.8 Å². The minimum atomic E-state index is -5.00. The first kappa shape index (κ1) is 27.9. The Kier molecular flexibility index (Phi) is 6.09. The second-order valence-corrected chi connectivity index (χ2v) is 10.3. The third kappa shape index (κ3) is 4.18. The highest BCUT2D eigenvalue weighted by atomic mass is 35.5. The van der Waals surface area contributed by atoms with Gasteiger partial charge in [0, 0.05) is 45.6 Å². The highest BCUT2D eigenvalue weighted by molar-refractivity contribution is 6.31. The van der Waals surface area contributed by atoms with Crippen molar-refractivity contribution in [2.75, 3.05) is 5.32 Å². The number of carbonyl (C=O) groups excluding carboxylic acids is 2. The molecule has 2 N–H and O–H groups in total. The molecule has 6 nitrogen and oxygen atoms in total. The summed E-state index contributed by atoms with van der Waals surface area (Å²) in [4.78, 5) is 26.4. The van der Waals surface area contributed by atoms with Crippen molar-refractivity contribution in [3.63, 3.8) is 0 Å². The average molecular weight is 615 g/mol. The van der Waals surface area contributed by atoms with Crippen LogP contribution in [0.3, 0.4) is 0 Å². The maximum atomic E-state index is 15.5. The zero-order valence-electron chi connectivity index (χ0n) is 20.7. The van der Waals surface area contributed by atoms with Gasteiger partial charge in [-0.1, -0.05) is 11.6 Å². The van der Waals surface area contributed by atoms with Crippen molar-refractivity contribution in [2.24, 2.45) is 0 Å². The van der Waals surface area contributed by atoms with Crippen LogP contribution in [-0.4, -0.2) is 27.5 Å². The summed E-state index contributed by atoms with van der Waals surface area (Å²) >= 11 is 6.26. The van der Waals surface area contributed by atoms with Crippen LogP contribution in [0.5, 0.6) is 0 Å². The van der Waals surface area contributed by atoms with Crippen LogP contribution in [0, 0.1) is 11.6 Å². The Morgan fingerprint density at radius 1 is 1.05 bits per heavy atom. The smallest absolute Gasteiger partial charge is 0.341 e. The van der Waals surface area contributed by atoms with Gasteiger partial charge in [-0.3, -0.25) is 9.59 Å². The van der Waals surface area contributed by atoms with Gasteiger partial charge in [-0.05, 0) is 42.5 Å². The van der Waals surface area contributed by atoms with Crippen LogP contribution in [0.1, 0.15) is 56.3 Å². The summed E-state index contributed by atoms with van der Waals surface area (Å²) in [6.07, 6.45) is -5.41. The van der Waals surface area contributed by atoms with Gasteiger partial charge in [-0.15, -0.1) is 0 Å². The standard InChI is InChI=1S/C27H15ClF8N4O2/c28-17-2-1-13(29)8-15(17)22-21-18(38-23(41)11-5-12(27(34,35)36)7-14(30)6-11)9-19-16(20(21)24(42)39-22)10-37-40(19)26(33)4-3-25(26,31)32/h1-2,5-10,22H,3-4H2,(H,38,41)(H,39,42)/t22-,26?/m0/s1. The Hall–Kier alpha value is -4.20. The molecule has 1 saturated carbocycles. The van der Waals surface area contributed by atoms with E-state index in [9.17, 15) is 40.3 Å². The van der Waals surface area contributed by atoms with Gasteiger partial charge < -0.3 is 10.6 Å². The van der Waals surface area contributed by atoms with Gasteiger partial charge in [0.2, 0.25) is 0 Å². The summed E-state index contributed by atoms with van der Waals surface area (Å²) in [7, 11) is 0. The van der Waals surface area contributed by atoms with E-state index in [1.165, 1.54) is 6.07 Å². The van der Waals surface area contributed by atoms with E-state index in [4.69, 9.17) is 11.6 Å². The lowest BCUT2D eigenvalue weighted by Gasteiger charge is -2.42. The molecular weight excluding hydrogens is 600 g/mol. The van der Waals surface area contributed by atoms with Crippen LogP contribution < -0.4 is 10.6 Å². The first-order valence-corrected chi connectivity index (χ1v) is 12.6. The van der Waals surface area contributed by atoms with Gasteiger partial charge in [0.15, 0.2) is 0 Å². The number of alkyl halides is 6. The van der Waals surface area contributed by atoms with Gasteiger partial charge in [-0.25, -0.2) is 26.6 Å². The Morgan fingerprint density at radius 2 is 1.79 bits per heavy atom. The molecule has 1 aromatic heterocycles. The average Bonchev–Trinajstić information content (AvgIpc) is 3.49. The molecule has 6 rings (SSSR count). The van der Waals surface area contributed by atoms with E-state index >= 15 is 4.39 Å². The van der Waals surface area contributed by atoms with Crippen LogP contribution in [0.15, 0.2) is 48.7 Å². The summed E-state index contributed by atoms with van der Waals surface area (Å²) in [6.45, 7) is 0. The number of rotatable bonds is 4. The number of anilines is 1. The maximum absolute atomic E-state index is 15.5. The molecule has 15 heteroatoms. The fourth-order valence-electron chi connectivity index (χ4n) is 5.22. The number of halogens is 9. The van der Waals surface area contributed by atoms with E-state index in [1.807, 2.05) is 0 Å². The van der Waals surface area contributed by atoms with Crippen molar-refractivity contribution in [1.82, 2.24) is 15.1 Å². The minimum absolute atomic E-state index is 0.0145. The second kappa shape index (κ2) is 9.15. The Labute approximate surface area is 235 Å². The molecule has 0 radical (unpaired) electrons. The predicted molar refractivity (Wildman–Crippen MR) is 133 cm³/mol. The fraction of sp³-hybridized carbons (Fsp3) is 0.222. The molecule has 2 aliphatic rings. The summed E-state index contributed by atoms with van der Waals surface area (Å²) in [5.41, 5.74) is -3.23. The molecule has 0 bridgehead atoms. The molecule has 218 valence electrons. The molecule has 2 atom stereocenters. The number of nitrogens with zero attached hydrogens (tertiary/aromatic N) is 2. The van der Waals surface area contributed by atoms with Crippen molar-refractivity contribution in [3.8, 4) is 0 Å². The van der Waals surface area contributed by atoms with Crippen molar-refractivity contribution in [3.05, 3.63) is 93.1 Å². The van der Waals surface area contributed by atoms with E-state index in [-0.39, 0.29) is 44.4 Å². The van der Waals surface area contributed by atoms with E-state index in [2.05, 4.69) is 15.7 Å². The van der Waals surface area contributed by atoms with Crippen LogP contribution in [0.2, 0.25) is 5.02 Å². The molecule has 4 aromatic rings. The van der Waals surface area contributed by atoms with E-state index in [0.717, 1.165) is 24.4 Å². The van der Waals surface area contributed by atoms with E-state index in [1.54, 1.807) is 0 Å². The molecule has 1 aliphatic heterocycles. The molecule has 2 amide bonds. The molecule has 3 aromatic carbocycles. The SMILES string of the molecule is O=C(Nc1cc2c(cnn2C2(F)CCC2(F)F)c2c1[C@H](c1cc(F)ccc1Cl)NC2=O)c1cc(F)cc(C(F)(F)F)c1. The number of hydrogen-bond donors (Lipinski definition) is 2. The molecule has 1 aliphatic carbocycles. The van der Waals surface area contributed by atoms with Crippen molar-refractivity contribution in [1.29, 1.82) is 0 Å². The second-order valence-electron chi connectivity index (χ2n) is 9.92. The molecule has 2 heterocycles. The molecule has 1 unspecified atom stereocenters. The van der Waals surface area contributed by atoms with Crippen molar-refractivity contribution >= 4 is 40.0 Å². The topological polar surface area (TPSA) is 76.0 Å². The van der Waals surface area contributed by atoms with Crippen LogP contribution in [-0.2, 0) is 12.0 Å². The first-order chi connectivity index (χ1) is 19.6. The van der Waals surface area contributed by atoms with E-state index in [0.29, 0.717) is 16.8 Å². The Morgan fingerprint density at radius 3 is 2.43 bits per heavy atom. The van der Waals surface area contributed by atoms with Gasteiger partial charge >= 0.3 is 12.1 Å². The molecular formula is C27H15ClF8N4O2. The zero-order valence-corrected chi connectivity index (χ0v) is 21.5. The summed E-state index contributed by atoms with van der Waals surface area (Å²) in [5, 5.41) is 8.49. The van der Waals surface area contributed by atoms with Gasteiger partial charge in [0.05, 0.1) is 28.9 Å². The Bertz CT molecular complexity index is 1820. The summed E-state index contributed by atoms with van der Waals surface area (Å²) in [6, 6.07) is 4.10. The summed E-state index contributed by atoms with van der Waals surface area (Å²) in [5.74, 6) is -11.3. The maximum Gasteiger partial charge on any atom is 0.416 e. The fourth-order valence-corrected chi connectivity index (χ4v) is 5.45. The molecule has 1 fully saturated rings. The first-order valence-electron chi connectivity index (χ1n) is 12.2. The van der Waals surface area contributed by atoms with Crippen LogP contribution in [0.25, 0.3) is 10.9 Å². The quantitative estimate of drug-likeness (QED) is 0.240. The minimum Gasteiger partial charge on any atom is -0.341 e. The number of fused-ring (bicyclic) bond motifs is 3. The highest BCUT2D eigenvalue weighted by Gasteiger charge is 2.65. The zero-order chi connectivity index (χ0) is 30.4. The molecule has 0 saturated heterocycles. The number of carbonyl (C=O) groups is 2.